The van der Waals surface area contributed by atoms with Gasteiger partial charge in [0.25, 0.3) is 0 Å². The number of fused-ring (bicyclic) bond motifs is 1. The molecular formula is C15H21ClN4. The van der Waals surface area contributed by atoms with Crippen molar-refractivity contribution in [1.29, 1.82) is 0 Å². The minimum absolute atomic E-state index is 0.468. The highest BCUT2D eigenvalue weighted by molar-refractivity contribution is 6.31. The summed E-state index contributed by atoms with van der Waals surface area (Å²) < 4.78 is 1.76. The van der Waals surface area contributed by atoms with Crippen LogP contribution < -0.4 is 5.32 Å². The summed E-state index contributed by atoms with van der Waals surface area (Å²) in [7, 11) is 1.88. The molecule has 0 bridgehead atoms. The molecule has 20 heavy (non-hydrogen) atoms. The molecule has 0 saturated carbocycles. The normalized spacial score (nSPS) is 12.7. The maximum absolute atomic E-state index is 6.27. The molecule has 2 heterocycles. The molecule has 5 heteroatoms. The van der Waals surface area contributed by atoms with Crippen LogP contribution >= 0.6 is 11.6 Å². The smallest absolute Gasteiger partial charge is 0.159 e. The molecule has 4 nitrogen and oxygen atoms in total. The predicted molar refractivity (Wildman–Crippen MR) is 85.0 cm³/mol. The van der Waals surface area contributed by atoms with Crippen LogP contribution in [0.1, 0.15) is 32.0 Å². The van der Waals surface area contributed by atoms with E-state index < -0.39 is 0 Å². The van der Waals surface area contributed by atoms with Crippen LogP contribution in [0.5, 0.6) is 0 Å². The molecular weight excluding hydrogens is 272 g/mol. The van der Waals surface area contributed by atoms with E-state index in [1.807, 2.05) is 14.0 Å². The summed E-state index contributed by atoms with van der Waals surface area (Å²) in [5, 5.41) is 9.33. The van der Waals surface area contributed by atoms with Gasteiger partial charge in [-0.05, 0) is 19.9 Å². The fourth-order valence-electron chi connectivity index (χ4n) is 2.12. The molecule has 0 aliphatic rings. The zero-order valence-corrected chi connectivity index (χ0v) is 13.4. The summed E-state index contributed by atoms with van der Waals surface area (Å²) in [6, 6.07) is 2.53. The standard InChI is InChI=1S/C15H21ClN4/c1-9(2)17-8-10(3)6-12-7-13-11(4)19-20(5)15(13)18-14(12)16/h6-7,9,17H,8H2,1-5H3. The van der Waals surface area contributed by atoms with E-state index in [-0.39, 0.29) is 0 Å². The molecule has 0 saturated heterocycles. The molecule has 0 aliphatic carbocycles. The molecule has 0 fully saturated rings. The second-order valence-corrected chi connectivity index (χ2v) is 5.83. The van der Waals surface area contributed by atoms with Crippen molar-refractivity contribution in [2.45, 2.75) is 33.7 Å². The topological polar surface area (TPSA) is 42.7 Å². The third-order valence-corrected chi connectivity index (χ3v) is 3.47. The van der Waals surface area contributed by atoms with Crippen molar-refractivity contribution in [2.75, 3.05) is 6.54 Å². The van der Waals surface area contributed by atoms with Crippen molar-refractivity contribution in [3.05, 3.63) is 28.0 Å². The molecule has 0 amide bonds. The van der Waals surface area contributed by atoms with Crippen molar-refractivity contribution in [1.82, 2.24) is 20.1 Å². The van der Waals surface area contributed by atoms with Crippen molar-refractivity contribution in [3.8, 4) is 0 Å². The molecule has 0 aliphatic heterocycles. The van der Waals surface area contributed by atoms with Gasteiger partial charge in [-0.2, -0.15) is 5.10 Å². The molecule has 0 aromatic carbocycles. The predicted octanol–water partition coefficient (Wildman–Crippen LogP) is 3.33. The third kappa shape index (κ3) is 3.19. The van der Waals surface area contributed by atoms with Gasteiger partial charge in [-0.15, -0.1) is 0 Å². The van der Waals surface area contributed by atoms with Gasteiger partial charge in [0.15, 0.2) is 5.65 Å². The van der Waals surface area contributed by atoms with E-state index in [2.05, 4.69) is 48.3 Å². The Morgan fingerprint density at radius 3 is 2.85 bits per heavy atom. The number of hydrogen-bond donors (Lipinski definition) is 1. The summed E-state index contributed by atoms with van der Waals surface area (Å²) in [6.07, 6.45) is 2.08. The number of pyridine rings is 1. The maximum atomic E-state index is 6.27. The average Bonchev–Trinajstić information content (AvgIpc) is 2.63. The van der Waals surface area contributed by atoms with Gasteiger partial charge in [-0.1, -0.05) is 37.1 Å². The summed E-state index contributed by atoms with van der Waals surface area (Å²) in [4.78, 5) is 4.45. The van der Waals surface area contributed by atoms with Gasteiger partial charge >= 0.3 is 0 Å². The number of nitrogens with zero attached hydrogens (tertiary/aromatic N) is 3. The highest BCUT2D eigenvalue weighted by atomic mass is 35.5. The number of nitrogens with one attached hydrogen (secondary N) is 1. The third-order valence-electron chi connectivity index (χ3n) is 3.17. The van der Waals surface area contributed by atoms with Gasteiger partial charge < -0.3 is 5.32 Å². The van der Waals surface area contributed by atoms with E-state index >= 15 is 0 Å². The number of aromatic nitrogens is 3. The molecule has 2 aromatic rings. The molecule has 108 valence electrons. The molecule has 0 spiro atoms. The summed E-state index contributed by atoms with van der Waals surface area (Å²) in [6.45, 7) is 9.18. The molecule has 0 unspecified atom stereocenters. The lowest BCUT2D eigenvalue weighted by atomic mass is 10.1. The Morgan fingerprint density at radius 2 is 2.20 bits per heavy atom. The van der Waals surface area contributed by atoms with Crippen molar-refractivity contribution < 1.29 is 0 Å². The number of aryl methyl sites for hydroxylation is 2. The minimum Gasteiger partial charge on any atom is -0.311 e. The maximum Gasteiger partial charge on any atom is 0.159 e. The molecule has 0 radical (unpaired) electrons. The fourth-order valence-corrected chi connectivity index (χ4v) is 2.31. The number of halogens is 1. The molecule has 2 aromatic heterocycles. The lowest BCUT2D eigenvalue weighted by Gasteiger charge is -2.08. The number of hydrogen-bond acceptors (Lipinski definition) is 3. The van der Waals surface area contributed by atoms with Crippen LogP contribution in [0.25, 0.3) is 17.1 Å². The van der Waals surface area contributed by atoms with Gasteiger partial charge in [0.2, 0.25) is 0 Å². The first-order valence-corrected chi connectivity index (χ1v) is 7.16. The zero-order chi connectivity index (χ0) is 14.9. The highest BCUT2D eigenvalue weighted by Gasteiger charge is 2.10. The fraction of sp³-hybridized carbons (Fsp3) is 0.467. The van der Waals surface area contributed by atoms with E-state index in [1.165, 1.54) is 5.57 Å². The quantitative estimate of drug-likeness (QED) is 0.879. The van der Waals surface area contributed by atoms with Gasteiger partial charge in [-0.3, -0.25) is 4.68 Å². The second kappa shape index (κ2) is 5.94. The van der Waals surface area contributed by atoms with Crippen LogP contribution in [0.15, 0.2) is 11.6 Å². The zero-order valence-electron chi connectivity index (χ0n) is 12.7. The van der Waals surface area contributed by atoms with Crippen LogP contribution in [-0.4, -0.2) is 27.4 Å². The number of rotatable bonds is 4. The average molecular weight is 293 g/mol. The lowest BCUT2D eigenvalue weighted by molar-refractivity contribution is 0.623. The van der Waals surface area contributed by atoms with Crippen molar-refractivity contribution >= 4 is 28.7 Å². The van der Waals surface area contributed by atoms with Crippen molar-refractivity contribution in [3.63, 3.8) is 0 Å². The van der Waals surface area contributed by atoms with Crippen LogP contribution in [0, 0.1) is 6.92 Å². The van der Waals surface area contributed by atoms with E-state index in [4.69, 9.17) is 11.6 Å². The summed E-state index contributed by atoms with van der Waals surface area (Å²) in [5.41, 5.74) is 3.96. The van der Waals surface area contributed by atoms with Gasteiger partial charge in [0, 0.05) is 30.6 Å². The van der Waals surface area contributed by atoms with E-state index in [0.29, 0.717) is 11.2 Å². The van der Waals surface area contributed by atoms with Gasteiger partial charge in [0.1, 0.15) is 5.15 Å². The molecule has 2 rings (SSSR count). The van der Waals surface area contributed by atoms with E-state index in [9.17, 15) is 0 Å². The van der Waals surface area contributed by atoms with Crippen LogP contribution in [0.2, 0.25) is 5.15 Å². The Bertz CT molecular complexity index is 655. The van der Waals surface area contributed by atoms with Crippen LogP contribution in [-0.2, 0) is 7.05 Å². The SMILES string of the molecule is CC(=Cc1cc2c(C)nn(C)c2nc1Cl)CNC(C)C. The molecule has 0 atom stereocenters. The van der Waals surface area contributed by atoms with E-state index in [1.54, 1.807) is 4.68 Å². The van der Waals surface area contributed by atoms with Crippen molar-refractivity contribution in [2.24, 2.45) is 7.05 Å². The lowest BCUT2D eigenvalue weighted by Crippen LogP contribution is -2.24. The Kier molecular flexibility index (Phi) is 4.45. The second-order valence-electron chi connectivity index (χ2n) is 5.47. The Hall–Kier alpha value is -1.39. The first-order valence-electron chi connectivity index (χ1n) is 6.79. The summed E-state index contributed by atoms with van der Waals surface area (Å²) in [5.74, 6) is 0. The highest BCUT2D eigenvalue weighted by Crippen LogP contribution is 2.24. The van der Waals surface area contributed by atoms with Crippen LogP contribution in [0.3, 0.4) is 0 Å². The minimum atomic E-state index is 0.468. The largest absolute Gasteiger partial charge is 0.311 e. The first kappa shape index (κ1) is 15.0. The van der Waals surface area contributed by atoms with Gasteiger partial charge in [-0.25, -0.2) is 4.98 Å². The van der Waals surface area contributed by atoms with Gasteiger partial charge in [0.05, 0.1) is 5.69 Å². The summed E-state index contributed by atoms with van der Waals surface area (Å²) >= 11 is 6.27. The molecule has 1 N–H and O–H groups in total. The Balaban J connectivity index is 2.37. The monoisotopic (exact) mass is 292 g/mol. The Morgan fingerprint density at radius 1 is 1.50 bits per heavy atom. The van der Waals surface area contributed by atoms with Crippen LogP contribution in [0.4, 0.5) is 0 Å². The van der Waals surface area contributed by atoms with E-state index in [0.717, 1.165) is 28.8 Å². The first-order chi connectivity index (χ1) is 9.38. The Labute approximate surface area is 124 Å².